The van der Waals surface area contributed by atoms with Crippen molar-refractivity contribution in [1.82, 2.24) is 20.0 Å². The molecule has 2 aliphatic rings. The SMILES string of the molecule is [2H]c1c([2H])c([2H])c2c(c(C(=O)NC3CC4CCCC(C3)N4C([2H])([2H])[2H])nn2C([2H])([2H])[2H])c1[2H]. The van der Waals surface area contributed by atoms with Gasteiger partial charge in [-0.2, -0.15) is 5.10 Å². The zero-order valence-corrected chi connectivity index (χ0v) is 12.5. The lowest BCUT2D eigenvalue weighted by Gasteiger charge is -2.47. The number of carbonyl (C=O) groups excluding carboxylic acids is 1. The number of piperidine rings is 2. The molecule has 1 aromatic carbocycles. The van der Waals surface area contributed by atoms with Gasteiger partial charge in [0.15, 0.2) is 5.69 Å². The van der Waals surface area contributed by atoms with E-state index in [1.165, 1.54) is 0 Å². The Morgan fingerprint density at radius 1 is 1.30 bits per heavy atom. The first kappa shape index (κ1) is 7.34. The third-order valence-electron chi connectivity index (χ3n) is 4.84. The highest BCUT2D eigenvalue weighted by Crippen LogP contribution is 2.32. The summed E-state index contributed by atoms with van der Waals surface area (Å²) in [6.07, 6.45) is 3.14. The lowest BCUT2D eigenvalue weighted by molar-refractivity contribution is 0.0462. The molecule has 5 heteroatoms. The first-order valence-electron chi connectivity index (χ1n) is 12.8. The number of amides is 1. The van der Waals surface area contributed by atoms with Crippen molar-refractivity contribution in [2.45, 2.75) is 50.2 Å². The molecule has 122 valence electrons. The van der Waals surface area contributed by atoms with Gasteiger partial charge >= 0.3 is 0 Å². The molecule has 1 N–H and O–H groups in total. The molecule has 2 saturated heterocycles. The summed E-state index contributed by atoms with van der Waals surface area (Å²) in [5.41, 5.74) is -0.753. The minimum Gasteiger partial charge on any atom is -0.348 e. The number of nitrogens with zero attached hydrogens (tertiary/aromatic N) is 3. The number of hydrogen-bond donors (Lipinski definition) is 1. The molecule has 0 radical (unpaired) electrons. The van der Waals surface area contributed by atoms with Crippen molar-refractivity contribution < 1.29 is 18.5 Å². The highest BCUT2D eigenvalue weighted by atomic mass is 16.2. The maximum Gasteiger partial charge on any atom is 0.272 e. The van der Waals surface area contributed by atoms with Crippen LogP contribution in [0, 0.1) is 0 Å². The Hall–Kier alpha value is -1.88. The summed E-state index contributed by atoms with van der Waals surface area (Å²) in [6, 6.07) is -3.14. The molecule has 2 unspecified atom stereocenters. The molecule has 1 aromatic heterocycles. The summed E-state index contributed by atoms with van der Waals surface area (Å²) in [6.45, 7) is -5.08. The summed E-state index contributed by atoms with van der Waals surface area (Å²) in [7, 11) is 0. The molecule has 2 aromatic rings. The van der Waals surface area contributed by atoms with Crippen molar-refractivity contribution >= 4 is 16.8 Å². The van der Waals surface area contributed by atoms with Crippen LogP contribution in [0.1, 0.15) is 56.3 Å². The number of fused-ring (bicyclic) bond motifs is 3. The van der Waals surface area contributed by atoms with E-state index < -0.39 is 49.7 Å². The normalized spacial score (nSPS) is 35.4. The number of carbonyl (C=O) groups is 1. The van der Waals surface area contributed by atoms with Crippen molar-refractivity contribution in [1.29, 1.82) is 0 Å². The molecular weight excluding hydrogens is 288 g/mol. The second-order valence-corrected chi connectivity index (χ2v) is 6.27. The van der Waals surface area contributed by atoms with Crippen molar-refractivity contribution in [3.63, 3.8) is 0 Å². The second-order valence-electron chi connectivity index (χ2n) is 6.27. The molecule has 2 atom stereocenters. The minimum absolute atomic E-state index is 0.218. The van der Waals surface area contributed by atoms with Crippen LogP contribution in [0.5, 0.6) is 0 Å². The summed E-state index contributed by atoms with van der Waals surface area (Å²) in [5.74, 6) is -0.751. The van der Waals surface area contributed by atoms with E-state index in [9.17, 15) is 4.79 Å². The molecular formula is C18H24N4O. The molecule has 23 heavy (non-hydrogen) atoms. The van der Waals surface area contributed by atoms with Gasteiger partial charge in [-0.05, 0) is 38.7 Å². The van der Waals surface area contributed by atoms with Crippen molar-refractivity contribution in [3.05, 3.63) is 29.9 Å². The molecule has 2 bridgehead atoms. The highest BCUT2D eigenvalue weighted by molar-refractivity contribution is 6.04. The number of hydrogen-bond acceptors (Lipinski definition) is 3. The molecule has 2 fully saturated rings. The molecule has 4 rings (SSSR count). The minimum atomic E-state index is -2.86. The van der Waals surface area contributed by atoms with Crippen LogP contribution in [0.4, 0.5) is 0 Å². The number of rotatable bonds is 2. The smallest absolute Gasteiger partial charge is 0.272 e. The molecule has 2 aliphatic heterocycles. The quantitative estimate of drug-likeness (QED) is 0.923. The topological polar surface area (TPSA) is 50.2 Å². The van der Waals surface area contributed by atoms with Gasteiger partial charge in [-0.1, -0.05) is 24.5 Å². The Morgan fingerprint density at radius 2 is 2.09 bits per heavy atom. The molecule has 5 nitrogen and oxygen atoms in total. The second kappa shape index (κ2) is 5.64. The predicted molar refractivity (Wildman–Crippen MR) is 90.4 cm³/mol. The largest absolute Gasteiger partial charge is 0.348 e. The van der Waals surface area contributed by atoms with Gasteiger partial charge in [-0.15, -0.1) is 0 Å². The average molecular weight is 322 g/mol. The number of aromatic nitrogens is 2. The molecule has 3 heterocycles. The van der Waals surface area contributed by atoms with Gasteiger partial charge in [-0.3, -0.25) is 9.48 Å². The van der Waals surface area contributed by atoms with Crippen LogP contribution in [0.3, 0.4) is 0 Å². The first-order chi connectivity index (χ1) is 15.2. The van der Waals surface area contributed by atoms with E-state index in [1.54, 1.807) is 4.90 Å². The zero-order chi connectivity index (χ0) is 24.5. The van der Waals surface area contributed by atoms with Gasteiger partial charge in [0.05, 0.1) is 11.0 Å². The molecule has 0 aliphatic carbocycles. The van der Waals surface area contributed by atoms with Gasteiger partial charge in [0.25, 0.3) is 5.91 Å². The standard InChI is InChI=1S/C18H24N4O/c1-21-13-6-5-7-14(21)11-12(10-13)19-18(23)17-15-8-3-4-9-16(15)22(2)20-17/h3-4,8-9,12-14H,5-7,10-11H2,1-2H3,(H,19,23)/i1D3,2D3,3D,4D,8D,9D. The van der Waals surface area contributed by atoms with E-state index in [0.717, 1.165) is 6.42 Å². The van der Waals surface area contributed by atoms with Gasteiger partial charge in [0.2, 0.25) is 0 Å². The Bertz CT molecular complexity index is 1090. The maximum absolute atomic E-state index is 13.2. The van der Waals surface area contributed by atoms with Crippen LogP contribution in [0.25, 0.3) is 10.9 Å². The highest BCUT2D eigenvalue weighted by Gasteiger charge is 2.36. The molecule has 0 saturated carbocycles. The number of nitrogens with one attached hydrogen (secondary N) is 1. The summed E-state index contributed by atoms with van der Waals surface area (Å²) in [5, 5.41) is 6.45. The molecule has 1 amide bonds. The molecule has 0 spiro atoms. The third kappa shape index (κ3) is 2.53. The maximum atomic E-state index is 13.2. The van der Waals surface area contributed by atoms with Crippen LogP contribution >= 0.6 is 0 Å². The van der Waals surface area contributed by atoms with Crippen molar-refractivity contribution in [2.75, 3.05) is 6.98 Å². The monoisotopic (exact) mass is 322 g/mol. The zero-order valence-electron chi connectivity index (χ0n) is 22.5. The van der Waals surface area contributed by atoms with Crippen LogP contribution in [-0.2, 0) is 6.98 Å². The van der Waals surface area contributed by atoms with Crippen LogP contribution in [-0.4, -0.2) is 45.7 Å². The van der Waals surface area contributed by atoms with E-state index in [4.69, 9.17) is 13.7 Å². The van der Waals surface area contributed by atoms with Crippen LogP contribution in [0.2, 0.25) is 0 Å². The summed E-state index contributed by atoms with van der Waals surface area (Å²) >= 11 is 0. The Morgan fingerprint density at radius 3 is 2.83 bits per heavy atom. The number of benzene rings is 1. The van der Waals surface area contributed by atoms with Gasteiger partial charge in [-0.25, -0.2) is 0 Å². The summed E-state index contributed by atoms with van der Waals surface area (Å²) < 4.78 is 79.2. The average Bonchev–Trinajstić information content (AvgIpc) is 3.10. The number of para-hydroxylation sites is 1. The fourth-order valence-corrected chi connectivity index (χ4v) is 3.75. The van der Waals surface area contributed by atoms with Gasteiger partial charge in [0.1, 0.15) is 0 Å². The van der Waals surface area contributed by atoms with E-state index in [-0.39, 0.29) is 29.0 Å². The van der Waals surface area contributed by atoms with E-state index in [2.05, 4.69) is 10.4 Å². The Kier molecular flexibility index (Phi) is 1.80. The Balaban J connectivity index is 1.70. The van der Waals surface area contributed by atoms with E-state index in [1.807, 2.05) is 0 Å². The van der Waals surface area contributed by atoms with Gasteiger partial charge in [0, 0.05) is 38.7 Å². The van der Waals surface area contributed by atoms with Crippen LogP contribution < -0.4 is 5.32 Å². The number of aryl methyl sites for hydroxylation is 1. The van der Waals surface area contributed by atoms with Crippen LogP contribution in [0.15, 0.2) is 24.2 Å². The van der Waals surface area contributed by atoms with E-state index in [0.29, 0.717) is 30.4 Å². The first-order valence-corrected chi connectivity index (χ1v) is 7.80. The lowest BCUT2D eigenvalue weighted by atomic mass is 9.82. The summed E-state index contributed by atoms with van der Waals surface area (Å²) in [4.78, 5) is 14.7. The predicted octanol–water partition coefficient (Wildman–Crippen LogP) is 2.32. The third-order valence-corrected chi connectivity index (χ3v) is 4.84. The Labute approximate surface area is 150 Å². The fraction of sp³-hybridized carbons (Fsp3) is 0.556. The fourth-order valence-electron chi connectivity index (χ4n) is 3.75. The lowest BCUT2D eigenvalue weighted by Crippen LogP contribution is -2.55. The van der Waals surface area contributed by atoms with Gasteiger partial charge < -0.3 is 10.2 Å². The van der Waals surface area contributed by atoms with E-state index >= 15 is 0 Å². The van der Waals surface area contributed by atoms with Crippen molar-refractivity contribution in [2.24, 2.45) is 6.98 Å². The van der Waals surface area contributed by atoms with Crippen molar-refractivity contribution in [3.8, 4) is 0 Å².